The molecule has 0 radical (unpaired) electrons. The van der Waals surface area contributed by atoms with Gasteiger partial charge in [-0.15, -0.1) is 0 Å². The summed E-state index contributed by atoms with van der Waals surface area (Å²) in [6, 6.07) is 25.5. The van der Waals surface area contributed by atoms with E-state index in [4.69, 9.17) is 9.47 Å². The van der Waals surface area contributed by atoms with Crippen LogP contribution in [0.25, 0.3) is 6.08 Å². The second kappa shape index (κ2) is 9.05. The topological polar surface area (TPSA) is 47.9 Å². The molecule has 0 saturated heterocycles. The lowest BCUT2D eigenvalue weighted by atomic mass is 10.1. The number of hydrogen-bond donors (Lipinski definition) is 0. The minimum absolute atomic E-state index is 0.262. The summed E-state index contributed by atoms with van der Waals surface area (Å²) in [5.74, 6) is 0.569. The van der Waals surface area contributed by atoms with Crippen molar-refractivity contribution in [1.29, 1.82) is 0 Å². The van der Waals surface area contributed by atoms with Gasteiger partial charge in [-0.05, 0) is 64.6 Å². The van der Waals surface area contributed by atoms with Crippen LogP contribution in [-0.4, -0.2) is 18.5 Å². The molecule has 0 saturated carbocycles. The molecule has 0 amide bonds. The van der Waals surface area contributed by atoms with Crippen molar-refractivity contribution in [3.63, 3.8) is 0 Å². The van der Waals surface area contributed by atoms with Crippen molar-refractivity contribution >= 4 is 40.5 Å². The number of carbonyl (C=O) groups excluding carboxylic acids is 1. The second-order valence-electron chi connectivity index (χ2n) is 6.46. The van der Waals surface area contributed by atoms with Crippen molar-refractivity contribution in [2.24, 2.45) is 4.99 Å². The Kier molecular flexibility index (Phi) is 6.05. The van der Waals surface area contributed by atoms with Gasteiger partial charge in [0.15, 0.2) is 5.70 Å². The molecule has 144 valence electrons. The molecule has 3 aromatic carbocycles. The second-order valence-corrected chi connectivity index (χ2v) is 7.71. The summed E-state index contributed by atoms with van der Waals surface area (Å²) in [6.45, 7) is 0.547. The lowest BCUT2D eigenvalue weighted by molar-refractivity contribution is -0.129. The fourth-order valence-corrected chi connectivity index (χ4v) is 3.29. The largest absolute Gasteiger partial charge is 0.493 e. The van der Waals surface area contributed by atoms with E-state index >= 15 is 0 Å². The lowest BCUT2D eigenvalue weighted by Crippen LogP contribution is -2.05. The van der Waals surface area contributed by atoms with Crippen molar-refractivity contribution < 1.29 is 14.3 Å². The molecule has 1 heterocycles. The first-order valence-corrected chi connectivity index (χ1v) is 10.3. The summed E-state index contributed by atoms with van der Waals surface area (Å²) < 4.78 is 12.4. The number of hydrogen-bond acceptors (Lipinski definition) is 4. The Hall–Kier alpha value is -2.93. The molecule has 0 unspecified atom stereocenters. The molecule has 4 nitrogen and oxygen atoms in total. The highest BCUT2D eigenvalue weighted by atomic mass is 127. The van der Waals surface area contributed by atoms with Crippen LogP contribution in [0.3, 0.4) is 0 Å². The van der Waals surface area contributed by atoms with Crippen LogP contribution >= 0.6 is 22.6 Å². The summed E-state index contributed by atoms with van der Waals surface area (Å²) >= 11 is 2.23. The number of ether oxygens (including phenoxy) is 2. The summed E-state index contributed by atoms with van der Waals surface area (Å²) in [6.07, 6.45) is 2.52. The molecule has 0 spiro atoms. The van der Waals surface area contributed by atoms with E-state index in [1.807, 2.05) is 66.7 Å². The normalized spacial score (nSPS) is 14.6. The third-order valence-electron chi connectivity index (χ3n) is 4.41. The summed E-state index contributed by atoms with van der Waals surface area (Å²) in [7, 11) is 0. The van der Waals surface area contributed by atoms with E-state index in [1.165, 1.54) is 5.56 Å². The molecular formula is C24H18INO3. The van der Waals surface area contributed by atoms with Gasteiger partial charge >= 0.3 is 5.97 Å². The molecule has 3 aromatic rings. The number of rotatable bonds is 6. The predicted molar refractivity (Wildman–Crippen MR) is 122 cm³/mol. The summed E-state index contributed by atoms with van der Waals surface area (Å²) in [4.78, 5) is 16.7. The van der Waals surface area contributed by atoms with Crippen LogP contribution in [0.4, 0.5) is 0 Å². The Morgan fingerprint density at radius 1 is 0.931 bits per heavy atom. The number of cyclic esters (lactones) is 1. The van der Waals surface area contributed by atoms with Gasteiger partial charge in [-0.2, -0.15) is 0 Å². The highest BCUT2D eigenvalue weighted by Crippen LogP contribution is 2.25. The maximum atomic E-state index is 12.3. The average molecular weight is 495 g/mol. The average Bonchev–Trinajstić information content (AvgIpc) is 3.11. The molecule has 1 aliphatic rings. The van der Waals surface area contributed by atoms with Crippen LogP contribution < -0.4 is 4.74 Å². The molecular weight excluding hydrogens is 477 g/mol. The van der Waals surface area contributed by atoms with Crippen LogP contribution in [0.1, 0.15) is 16.7 Å². The number of carbonyl (C=O) groups is 1. The van der Waals surface area contributed by atoms with Crippen LogP contribution in [0.15, 0.2) is 89.6 Å². The number of esters is 1. The SMILES string of the molecule is O=C1OC(c2ccc(I)cc2)=N/C1=C\c1ccccc1OCCc1ccccc1. The van der Waals surface area contributed by atoms with E-state index in [0.29, 0.717) is 18.3 Å². The van der Waals surface area contributed by atoms with Crippen molar-refractivity contribution in [1.82, 2.24) is 0 Å². The maximum absolute atomic E-state index is 12.3. The minimum Gasteiger partial charge on any atom is -0.493 e. The predicted octanol–water partition coefficient (Wildman–Crippen LogP) is 5.26. The van der Waals surface area contributed by atoms with E-state index in [0.717, 1.165) is 21.1 Å². The van der Waals surface area contributed by atoms with Crippen molar-refractivity contribution in [3.8, 4) is 5.75 Å². The van der Waals surface area contributed by atoms with E-state index in [-0.39, 0.29) is 5.70 Å². The third kappa shape index (κ3) is 4.92. The van der Waals surface area contributed by atoms with Crippen LogP contribution in [0, 0.1) is 3.57 Å². The maximum Gasteiger partial charge on any atom is 0.363 e. The standard InChI is InChI=1S/C24H18INO3/c25-20-12-10-18(11-13-20)23-26-21(24(27)29-23)16-19-8-4-5-9-22(19)28-15-14-17-6-2-1-3-7-17/h1-13,16H,14-15H2/b21-16-. The molecule has 0 aromatic heterocycles. The Morgan fingerprint density at radius 2 is 1.66 bits per heavy atom. The summed E-state index contributed by atoms with van der Waals surface area (Å²) in [5.41, 5.74) is 3.04. The number of nitrogens with zero attached hydrogens (tertiary/aromatic N) is 1. The van der Waals surface area contributed by atoms with Crippen LogP contribution in [0.2, 0.25) is 0 Å². The van der Waals surface area contributed by atoms with Gasteiger partial charge in [-0.3, -0.25) is 0 Å². The van der Waals surface area contributed by atoms with Gasteiger partial charge in [-0.25, -0.2) is 9.79 Å². The zero-order chi connectivity index (χ0) is 20.1. The van der Waals surface area contributed by atoms with Gasteiger partial charge in [0.05, 0.1) is 6.61 Å². The van der Waals surface area contributed by atoms with Crippen molar-refractivity contribution in [2.45, 2.75) is 6.42 Å². The first-order chi connectivity index (χ1) is 14.2. The van der Waals surface area contributed by atoms with E-state index in [1.54, 1.807) is 6.08 Å². The first kappa shape index (κ1) is 19.4. The molecule has 0 N–H and O–H groups in total. The van der Waals surface area contributed by atoms with Gasteiger partial charge in [-0.1, -0.05) is 48.5 Å². The Balaban J connectivity index is 1.51. The number of halogens is 1. The molecule has 0 aliphatic carbocycles. The first-order valence-electron chi connectivity index (χ1n) is 9.23. The Morgan fingerprint density at radius 3 is 2.45 bits per heavy atom. The highest BCUT2D eigenvalue weighted by Gasteiger charge is 2.24. The number of aliphatic imine (C=N–C) groups is 1. The third-order valence-corrected chi connectivity index (χ3v) is 5.13. The number of para-hydroxylation sites is 1. The minimum atomic E-state index is -0.461. The molecule has 29 heavy (non-hydrogen) atoms. The van der Waals surface area contributed by atoms with Gasteiger partial charge in [0.2, 0.25) is 5.90 Å². The zero-order valence-corrected chi connectivity index (χ0v) is 17.7. The zero-order valence-electron chi connectivity index (χ0n) is 15.5. The van der Waals surface area contributed by atoms with Crippen molar-refractivity contribution in [3.05, 3.63) is 105 Å². The molecule has 0 fully saturated rings. The van der Waals surface area contributed by atoms with E-state index in [9.17, 15) is 4.79 Å². The van der Waals surface area contributed by atoms with Gasteiger partial charge < -0.3 is 9.47 Å². The number of benzene rings is 3. The smallest absolute Gasteiger partial charge is 0.363 e. The molecule has 4 rings (SSSR count). The molecule has 1 aliphatic heterocycles. The molecule has 0 atom stereocenters. The van der Waals surface area contributed by atoms with Gasteiger partial charge in [0.25, 0.3) is 0 Å². The van der Waals surface area contributed by atoms with E-state index < -0.39 is 5.97 Å². The fourth-order valence-electron chi connectivity index (χ4n) is 2.93. The lowest BCUT2D eigenvalue weighted by Gasteiger charge is -2.09. The Labute approximate surface area is 183 Å². The quantitative estimate of drug-likeness (QED) is 0.267. The molecule has 5 heteroatoms. The van der Waals surface area contributed by atoms with Gasteiger partial charge in [0, 0.05) is 21.1 Å². The van der Waals surface area contributed by atoms with E-state index in [2.05, 4.69) is 39.7 Å². The highest BCUT2D eigenvalue weighted by molar-refractivity contribution is 14.1. The Bertz CT molecular complexity index is 1070. The molecule has 0 bridgehead atoms. The van der Waals surface area contributed by atoms with Crippen molar-refractivity contribution in [2.75, 3.05) is 6.61 Å². The summed E-state index contributed by atoms with van der Waals surface area (Å²) in [5, 5.41) is 0. The monoisotopic (exact) mass is 495 g/mol. The fraction of sp³-hybridized carbons (Fsp3) is 0.0833. The van der Waals surface area contributed by atoms with Crippen LogP contribution in [-0.2, 0) is 16.0 Å². The van der Waals surface area contributed by atoms with Gasteiger partial charge in [0.1, 0.15) is 5.75 Å². The van der Waals surface area contributed by atoms with Crippen LogP contribution in [0.5, 0.6) is 5.75 Å².